The van der Waals surface area contributed by atoms with E-state index >= 15 is 0 Å². The molecule has 0 radical (unpaired) electrons. The molecule has 16 heavy (non-hydrogen) atoms. The first-order chi connectivity index (χ1) is 7.75. The standard InChI is InChI=1S/C12H23N3O/c1-15-6-4-11(9-15)12(16)14-8-10-3-2-5-13-7-10/h10-11,13H,2-9H2,1H3,(H,14,16). The molecule has 2 N–H and O–H groups in total. The zero-order chi connectivity index (χ0) is 11.4. The summed E-state index contributed by atoms with van der Waals surface area (Å²) >= 11 is 0. The van der Waals surface area contributed by atoms with Gasteiger partial charge in [0.05, 0.1) is 5.92 Å². The Hall–Kier alpha value is -0.610. The van der Waals surface area contributed by atoms with E-state index in [9.17, 15) is 4.79 Å². The average Bonchev–Trinajstić information content (AvgIpc) is 2.74. The third kappa shape index (κ3) is 3.19. The first-order valence-electron chi connectivity index (χ1n) is 6.42. The Morgan fingerprint density at radius 2 is 2.38 bits per heavy atom. The maximum absolute atomic E-state index is 11.9. The molecule has 4 heteroatoms. The lowest BCUT2D eigenvalue weighted by Crippen LogP contribution is -2.40. The van der Waals surface area contributed by atoms with E-state index in [-0.39, 0.29) is 11.8 Å². The van der Waals surface area contributed by atoms with Crippen LogP contribution in [-0.4, -0.2) is 50.6 Å². The van der Waals surface area contributed by atoms with Crippen molar-refractivity contribution in [2.24, 2.45) is 11.8 Å². The molecule has 2 unspecified atom stereocenters. The smallest absolute Gasteiger partial charge is 0.224 e. The number of hydrogen-bond donors (Lipinski definition) is 2. The van der Waals surface area contributed by atoms with Crippen molar-refractivity contribution in [1.82, 2.24) is 15.5 Å². The lowest BCUT2D eigenvalue weighted by atomic mass is 9.99. The lowest BCUT2D eigenvalue weighted by molar-refractivity contribution is -0.124. The minimum Gasteiger partial charge on any atom is -0.355 e. The van der Waals surface area contributed by atoms with Crippen LogP contribution in [0.5, 0.6) is 0 Å². The van der Waals surface area contributed by atoms with E-state index < -0.39 is 0 Å². The van der Waals surface area contributed by atoms with Gasteiger partial charge in [0.15, 0.2) is 0 Å². The van der Waals surface area contributed by atoms with Crippen molar-refractivity contribution < 1.29 is 4.79 Å². The molecule has 0 aliphatic carbocycles. The molecule has 0 aromatic carbocycles. The fraction of sp³-hybridized carbons (Fsp3) is 0.917. The van der Waals surface area contributed by atoms with Crippen LogP contribution in [0.15, 0.2) is 0 Å². The normalized spacial score (nSPS) is 31.6. The Morgan fingerprint density at radius 3 is 3.00 bits per heavy atom. The number of nitrogens with one attached hydrogen (secondary N) is 2. The second-order valence-corrected chi connectivity index (χ2v) is 5.21. The summed E-state index contributed by atoms with van der Waals surface area (Å²) < 4.78 is 0. The van der Waals surface area contributed by atoms with Gasteiger partial charge in [0.1, 0.15) is 0 Å². The SMILES string of the molecule is CN1CCC(C(=O)NCC2CCCNC2)C1. The molecule has 4 nitrogen and oxygen atoms in total. The monoisotopic (exact) mass is 225 g/mol. The van der Waals surface area contributed by atoms with Gasteiger partial charge in [0.2, 0.25) is 5.91 Å². The highest BCUT2D eigenvalue weighted by molar-refractivity contribution is 5.79. The molecule has 0 aromatic heterocycles. The summed E-state index contributed by atoms with van der Waals surface area (Å²) in [4.78, 5) is 14.1. The number of amides is 1. The molecule has 2 aliphatic heterocycles. The highest BCUT2D eigenvalue weighted by atomic mass is 16.1. The van der Waals surface area contributed by atoms with Gasteiger partial charge < -0.3 is 15.5 Å². The third-order valence-corrected chi connectivity index (χ3v) is 3.73. The largest absolute Gasteiger partial charge is 0.355 e. The van der Waals surface area contributed by atoms with E-state index in [0.29, 0.717) is 5.92 Å². The predicted molar refractivity (Wildman–Crippen MR) is 64.2 cm³/mol. The summed E-state index contributed by atoms with van der Waals surface area (Å²) in [6.07, 6.45) is 3.51. The van der Waals surface area contributed by atoms with Gasteiger partial charge in [-0.25, -0.2) is 0 Å². The van der Waals surface area contributed by atoms with Gasteiger partial charge in [-0.05, 0) is 51.9 Å². The molecule has 2 atom stereocenters. The maximum atomic E-state index is 11.9. The van der Waals surface area contributed by atoms with Crippen LogP contribution in [0.25, 0.3) is 0 Å². The molecular weight excluding hydrogens is 202 g/mol. The predicted octanol–water partition coefficient (Wildman–Crippen LogP) is 0.0539. The zero-order valence-corrected chi connectivity index (χ0v) is 10.2. The number of likely N-dealkylation sites (tertiary alicyclic amines) is 1. The molecule has 2 rings (SSSR count). The van der Waals surface area contributed by atoms with Crippen LogP contribution in [0, 0.1) is 11.8 Å². The van der Waals surface area contributed by atoms with Gasteiger partial charge in [0.25, 0.3) is 0 Å². The zero-order valence-electron chi connectivity index (χ0n) is 10.2. The van der Waals surface area contributed by atoms with Crippen molar-refractivity contribution in [3.05, 3.63) is 0 Å². The minimum atomic E-state index is 0.224. The maximum Gasteiger partial charge on any atom is 0.224 e. The van der Waals surface area contributed by atoms with Crippen molar-refractivity contribution >= 4 is 5.91 Å². The number of nitrogens with zero attached hydrogens (tertiary/aromatic N) is 1. The van der Waals surface area contributed by atoms with Gasteiger partial charge >= 0.3 is 0 Å². The van der Waals surface area contributed by atoms with E-state index in [1.54, 1.807) is 0 Å². The molecule has 2 saturated heterocycles. The van der Waals surface area contributed by atoms with Crippen molar-refractivity contribution in [2.45, 2.75) is 19.3 Å². The fourth-order valence-electron chi connectivity index (χ4n) is 2.64. The molecule has 92 valence electrons. The fourth-order valence-corrected chi connectivity index (χ4v) is 2.64. The van der Waals surface area contributed by atoms with E-state index in [2.05, 4.69) is 22.6 Å². The molecule has 2 fully saturated rings. The Labute approximate surface area is 97.8 Å². The number of carbonyl (C=O) groups is 1. The summed E-state index contributed by atoms with van der Waals surface area (Å²) in [5, 5.41) is 6.48. The summed E-state index contributed by atoms with van der Waals surface area (Å²) in [6, 6.07) is 0. The second-order valence-electron chi connectivity index (χ2n) is 5.21. The van der Waals surface area contributed by atoms with Crippen molar-refractivity contribution in [2.75, 3.05) is 39.8 Å². The van der Waals surface area contributed by atoms with Crippen LogP contribution in [0.1, 0.15) is 19.3 Å². The van der Waals surface area contributed by atoms with Crippen LogP contribution >= 0.6 is 0 Å². The minimum absolute atomic E-state index is 0.224. The van der Waals surface area contributed by atoms with E-state index in [4.69, 9.17) is 0 Å². The van der Waals surface area contributed by atoms with E-state index in [0.717, 1.165) is 39.1 Å². The topological polar surface area (TPSA) is 44.4 Å². The summed E-state index contributed by atoms with van der Waals surface area (Å²) in [6.45, 7) is 5.03. The summed E-state index contributed by atoms with van der Waals surface area (Å²) in [5.74, 6) is 1.12. The average molecular weight is 225 g/mol. The number of carbonyl (C=O) groups excluding carboxylic acids is 1. The van der Waals surface area contributed by atoms with Crippen LogP contribution in [-0.2, 0) is 4.79 Å². The van der Waals surface area contributed by atoms with Crippen LogP contribution in [0.3, 0.4) is 0 Å². The van der Waals surface area contributed by atoms with Gasteiger partial charge in [-0.15, -0.1) is 0 Å². The molecule has 0 spiro atoms. The summed E-state index contributed by atoms with van der Waals surface area (Å²) in [7, 11) is 2.08. The Kier molecular flexibility index (Phi) is 4.18. The summed E-state index contributed by atoms with van der Waals surface area (Å²) in [5.41, 5.74) is 0. The van der Waals surface area contributed by atoms with Gasteiger partial charge in [-0.1, -0.05) is 0 Å². The highest BCUT2D eigenvalue weighted by Crippen LogP contribution is 2.15. The molecule has 2 heterocycles. The quantitative estimate of drug-likeness (QED) is 0.713. The lowest BCUT2D eigenvalue weighted by Gasteiger charge is -2.23. The second kappa shape index (κ2) is 5.64. The Morgan fingerprint density at radius 1 is 1.50 bits per heavy atom. The number of rotatable bonds is 3. The van der Waals surface area contributed by atoms with E-state index in [1.807, 2.05) is 0 Å². The molecule has 0 saturated carbocycles. The van der Waals surface area contributed by atoms with Gasteiger partial charge in [-0.3, -0.25) is 4.79 Å². The number of hydrogen-bond acceptors (Lipinski definition) is 3. The van der Waals surface area contributed by atoms with Crippen LogP contribution in [0.4, 0.5) is 0 Å². The van der Waals surface area contributed by atoms with Crippen molar-refractivity contribution in [3.8, 4) is 0 Å². The number of piperidine rings is 1. The van der Waals surface area contributed by atoms with Crippen LogP contribution < -0.4 is 10.6 Å². The Bertz CT molecular complexity index is 238. The van der Waals surface area contributed by atoms with Gasteiger partial charge in [0, 0.05) is 13.1 Å². The third-order valence-electron chi connectivity index (χ3n) is 3.73. The highest BCUT2D eigenvalue weighted by Gasteiger charge is 2.26. The molecule has 0 bridgehead atoms. The molecule has 0 aromatic rings. The molecular formula is C12H23N3O. The molecule has 1 amide bonds. The van der Waals surface area contributed by atoms with E-state index in [1.165, 1.54) is 12.8 Å². The molecule has 2 aliphatic rings. The van der Waals surface area contributed by atoms with Crippen molar-refractivity contribution in [1.29, 1.82) is 0 Å². The van der Waals surface area contributed by atoms with Gasteiger partial charge in [-0.2, -0.15) is 0 Å². The van der Waals surface area contributed by atoms with Crippen LogP contribution in [0.2, 0.25) is 0 Å². The first kappa shape index (κ1) is 11.9. The first-order valence-corrected chi connectivity index (χ1v) is 6.42. The Balaban J connectivity index is 1.67. The van der Waals surface area contributed by atoms with Crippen molar-refractivity contribution in [3.63, 3.8) is 0 Å².